The number of Topliss-reactive ketones (excluding diaryl/α,β-unsaturated/α-hetero) is 1. The van der Waals surface area contributed by atoms with Crippen molar-refractivity contribution < 1.29 is 23.8 Å². The van der Waals surface area contributed by atoms with E-state index in [4.69, 9.17) is 4.74 Å². The third-order valence-corrected chi connectivity index (χ3v) is 8.56. The molecule has 4 aliphatic carbocycles. The second kappa shape index (κ2) is 6.45. The zero-order chi connectivity index (χ0) is 21.2. The number of ketones is 2. The van der Waals surface area contributed by atoms with Gasteiger partial charge in [-0.05, 0) is 63.2 Å². The van der Waals surface area contributed by atoms with E-state index in [-0.39, 0.29) is 35.9 Å². The third kappa shape index (κ3) is 2.43. The van der Waals surface area contributed by atoms with Gasteiger partial charge in [-0.15, -0.1) is 0 Å². The summed E-state index contributed by atoms with van der Waals surface area (Å²) in [6.45, 7) is 7.74. The first kappa shape index (κ1) is 20.7. The zero-order valence-electron chi connectivity index (χ0n) is 17.7. The van der Waals surface area contributed by atoms with Crippen molar-refractivity contribution in [1.82, 2.24) is 0 Å². The molecule has 4 rings (SSSR count). The minimum atomic E-state index is -1.65. The van der Waals surface area contributed by atoms with E-state index in [1.807, 2.05) is 27.7 Å². The SMILES string of the molecule is CCOCC(=O)C1(O)[C@@H](C)C[C@H]2[C@@H]3CCC4=CC(=O)C=CC4(C)[C@@]3(F)C=C[C@@]21C. The predicted molar refractivity (Wildman–Crippen MR) is 108 cm³/mol. The van der Waals surface area contributed by atoms with E-state index in [2.05, 4.69) is 0 Å². The largest absolute Gasteiger partial charge is 0.381 e. The summed E-state index contributed by atoms with van der Waals surface area (Å²) in [6.07, 6.45) is 9.94. The van der Waals surface area contributed by atoms with Crippen molar-refractivity contribution >= 4 is 11.6 Å². The van der Waals surface area contributed by atoms with Crippen molar-refractivity contribution in [2.75, 3.05) is 13.2 Å². The Balaban J connectivity index is 1.79. The van der Waals surface area contributed by atoms with Gasteiger partial charge >= 0.3 is 0 Å². The molecule has 0 bridgehead atoms. The highest BCUT2D eigenvalue weighted by Gasteiger charge is 2.71. The van der Waals surface area contributed by atoms with Crippen molar-refractivity contribution in [2.24, 2.45) is 28.6 Å². The Kier molecular flexibility index (Phi) is 4.60. The van der Waals surface area contributed by atoms with Gasteiger partial charge in [0.15, 0.2) is 11.6 Å². The van der Waals surface area contributed by atoms with E-state index in [9.17, 15) is 14.7 Å². The lowest BCUT2D eigenvalue weighted by Gasteiger charge is -2.58. The van der Waals surface area contributed by atoms with Gasteiger partial charge in [0.2, 0.25) is 0 Å². The van der Waals surface area contributed by atoms with Crippen molar-refractivity contribution in [1.29, 1.82) is 0 Å². The number of hydrogen-bond acceptors (Lipinski definition) is 4. The van der Waals surface area contributed by atoms with E-state index in [0.717, 1.165) is 5.57 Å². The number of rotatable bonds is 4. The molecule has 0 saturated heterocycles. The topological polar surface area (TPSA) is 63.6 Å². The number of fused-ring (bicyclic) bond motifs is 5. The summed E-state index contributed by atoms with van der Waals surface area (Å²) < 4.78 is 22.1. The van der Waals surface area contributed by atoms with Gasteiger partial charge in [-0.3, -0.25) is 9.59 Å². The highest BCUT2D eigenvalue weighted by molar-refractivity contribution is 6.01. The van der Waals surface area contributed by atoms with Crippen LogP contribution in [0.3, 0.4) is 0 Å². The first-order valence-electron chi connectivity index (χ1n) is 10.7. The van der Waals surface area contributed by atoms with Crippen LogP contribution in [0.4, 0.5) is 4.39 Å². The number of alkyl halides is 1. The minimum Gasteiger partial charge on any atom is -0.381 e. The molecule has 2 fully saturated rings. The maximum absolute atomic E-state index is 16.8. The molecule has 0 heterocycles. The Morgan fingerprint density at radius 1 is 1.28 bits per heavy atom. The maximum Gasteiger partial charge on any atom is 0.191 e. The first-order chi connectivity index (χ1) is 13.5. The number of hydrogen-bond donors (Lipinski definition) is 1. The lowest BCUT2D eigenvalue weighted by molar-refractivity contribution is -0.160. The molecule has 29 heavy (non-hydrogen) atoms. The smallest absolute Gasteiger partial charge is 0.191 e. The number of carbonyl (C=O) groups is 2. The molecular weight excluding hydrogens is 371 g/mol. The van der Waals surface area contributed by atoms with Crippen LogP contribution in [0.1, 0.15) is 47.0 Å². The number of ether oxygens (including phenoxy) is 1. The Morgan fingerprint density at radius 2 is 2.00 bits per heavy atom. The average Bonchev–Trinajstić information content (AvgIpc) is 2.89. The molecule has 4 aliphatic rings. The molecule has 0 amide bonds. The lowest BCUT2D eigenvalue weighted by atomic mass is 9.48. The third-order valence-electron chi connectivity index (χ3n) is 8.56. The maximum atomic E-state index is 16.8. The molecule has 0 aromatic heterocycles. The van der Waals surface area contributed by atoms with Gasteiger partial charge in [-0.25, -0.2) is 4.39 Å². The molecule has 1 N–H and O–H groups in total. The van der Waals surface area contributed by atoms with Crippen LogP contribution in [-0.4, -0.2) is 41.2 Å². The van der Waals surface area contributed by atoms with E-state index in [0.29, 0.717) is 25.9 Å². The Labute approximate surface area is 171 Å². The second-order valence-electron chi connectivity index (χ2n) is 9.71. The fraction of sp³-hybridized carbons (Fsp3) is 0.667. The Hall–Kier alpha value is -1.59. The first-order valence-corrected chi connectivity index (χ1v) is 10.7. The van der Waals surface area contributed by atoms with Crippen LogP contribution >= 0.6 is 0 Å². The molecular formula is C24H31FO4. The monoisotopic (exact) mass is 402 g/mol. The predicted octanol–water partition coefficient (Wildman–Crippen LogP) is 3.75. The van der Waals surface area contributed by atoms with Crippen LogP contribution in [0.5, 0.6) is 0 Å². The van der Waals surface area contributed by atoms with Gasteiger partial charge in [0, 0.05) is 23.4 Å². The van der Waals surface area contributed by atoms with Gasteiger partial charge in [-0.2, -0.15) is 0 Å². The van der Waals surface area contributed by atoms with Crippen LogP contribution in [0.15, 0.2) is 36.0 Å². The summed E-state index contributed by atoms with van der Waals surface area (Å²) >= 11 is 0. The summed E-state index contributed by atoms with van der Waals surface area (Å²) in [5, 5.41) is 11.6. The molecule has 5 heteroatoms. The molecule has 2 saturated carbocycles. The van der Waals surface area contributed by atoms with Crippen molar-refractivity contribution in [3.63, 3.8) is 0 Å². The summed E-state index contributed by atoms with van der Waals surface area (Å²) in [7, 11) is 0. The van der Waals surface area contributed by atoms with Gasteiger partial charge in [0.25, 0.3) is 0 Å². The van der Waals surface area contributed by atoms with Gasteiger partial charge in [0.1, 0.15) is 17.9 Å². The molecule has 2 unspecified atom stereocenters. The molecule has 7 atom stereocenters. The number of halogens is 1. The molecule has 0 aromatic rings. The van der Waals surface area contributed by atoms with Gasteiger partial charge < -0.3 is 9.84 Å². The van der Waals surface area contributed by atoms with Crippen molar-refractivity contribution in [3.05, 3.63) is 36.0 Å². The summed E-state index contributed by atoms with van der Waals surface area (Å²) in [4.78, 5) is 24.9. The number of carbonyl (C=O) groups excluding carboxylic acids is 2. The fourth-order valence-electron chi connectivity index (χ4n) is 6.75. The van der Waals surface area contributed by atoms with Crippen LogP contribution in [0.25, 0.3) is 0 Å². The van der Waals surface area contributed by atoms with Crippen LogP contribution in [0, 0.1) is 28.6 Å². The summed E-state index contributed by atoms with van der Waals surface area (Å²) in [5.74, 6) is -1.18. The standard InChI is InChI=1S/C24H31FO4/c1-5-29-14-20(27)24(28)15(2)12-19-18-7-6-16-13-17(26)8-9-21(16,3)23(18,25)11-10-22(19,24)4/h8-11,13,15,18-19,28H,5-7,12,14H2,1-4H3/t15-,18-,19-,21?,22-,23+,24?/m0/s1. The summed E-state index contributed by atoms with van der Waals surface area (Å²) in [5.41, 5.74) is -4.09. The van der Waals surface area contributed by atoms with E-state index < -0.39 is 22.1 Å². The van der Waals surface area contributed by atoms with Crippen LogP contribution in [-0.2, 0) is 14.3 Å². The molecule has 158 valence electrons. The van der Waals surface area contributed by atoms with E-state index >= 15 is 4.39 Å². The normalized spacial score (nSPS) is 48.0. The molecule has 0 aliphatic heterocycles. The molecule has 0 aromatic carbocycles. The highest BCUT2D eigenvalue weighted by atomic mass is 19.1. The van der Waals surface area contributed by atoms with Crippen molar-refractivity contribution in [2.45, 2.75) is 58.2 Å². The highest BCUT2D eigenvalue weighted by Crippen LogP contribution is 2.68. The quantitative estimate of drug-likeness (QED) is 0.728. The van der Waals surface area contributed by atoms with Crippen molar-refractivity contribution in [3.8, 4) is 0 Å². The van der Waals surface area contributed by atoms with E-state index in [1.54, 1.807) is 24.3 Å². The fourth-order valence-corrected chi connectivity index (χ4v) is 6.75. The molecule has 4 nitrogen and oxygen atoms in total. The average molecular weight is 403 g/mol. The Bertz CT molecular complexity index is 844. The van der Waals surface area contributed by atoms with E-state index in [1.165, 1.54) is 6.08 Å². The molecule has 0 spiro atoms. The zero-order valence-corrected chi connectivity index (χ0v) is 17.7. The Morgan fingerprint density at radius 3 is 2.69 bits per heavy atom. The second-order valence-corrected chi connectivity index (χ2v) is 9.71. The number of aliphatic hydroxyl groups is 1. The molecule has 0 radical (unpaired) electrons. The number of allylic oxidation sites excluding steroid dienone is 5. The van der Waals surface area contributed by atoms with Gasteiger partial charge in [-0.1, -0.05) is 31.6 Å². The van der Waals surface area contributed by atoms with Gasteiger partial charge in [0.05, 0.1) is 0 Å². The van der Waals surface area contributed by atoms with Crippen LogP contribution < -0.4 is 0 Å². The lowest BCUT2D eigenvalue weighted by Crippen LogP contribution is -2.61. The minimum absolute atomic E-state index is 0.0884. The summed E-state index contributed by atoms with van der Waals surface area (Å²) in [6, 6.07) is 0. The van der Waals surface area contributed by atoms with Crippen LogP contribution in [0.2, 0.25) is 0 Å².